The van der Waals surface area contributed by atoms with Crippen LogP contribution in [0, 0.1) is 11.8 Å². The Morgan fingerprint density at radius 1 is 0.833 bits per heavy atom. The van der Waals surface area contributed by atoms with Gasteiger partial charge in [0.15, 0.2) is 0 Å². The second-order valence-electron chi connectivity index (χ2n) is 4.67. The molecule has 0 aliphatic carbocycles. The molecule has 0 bridgehead atoms. The molecule has 0 N–H and O–H groups in total. The summed E-state index contributed by atoms with van der Waals surface area (Å²) in [6.45, 7) is 16.9. The van der Waals surface area contributed by atoms with Crippen LogP contribution >= 0.6 is 0 Å². The molecule has 0 saturated heterocycles. The molecule has 108 valence electrons. The first-order chi connectivity index (χ1) is 8.29. The largest absolute Gasteiger partial charge is 0.393 e. The maximum absolute atomic E-state index is 10.8. The summed E-state index contributed by atoms with van der Waals surface area (Å²) < 4.78 is 4.50. The zero-order valence-electron chi connectivity index (χ0n) is 12.9. The first kappa shape index (κ1) is 19.4. The Hall–Kier alpha value is -0.900. The van der Waals surface area contributed by atoms with Gasteiger partial charge in [-0.2, -0.15) is 0 Å². The fourth-order valence-electron chi connectivity index (χ4n) is 1.01. The molecule has 0 amide bonds. The van der Waals surface area contributed by atoms with Crippen LogP contribution in [0.1, 0.15) is 48.5 Å². The van der Waals surface area contributed by atoms with Crippen molar-refractivity contribution < 1.29 is 14.3 Å². The average Bonchev–Trinajstić information content (AvgIpc) is 2.31. The number of hydrogen-bond donors (Lipinski definition) is 0. The van der Waals surface area contributed by atoms with Crippen LogP contribution in [0.5, 0.6) is 0 Å². The summed E-state index contributed by atoms with van der Waals surface area (Å²) in [6.07, 6.45) is 0. The maximum atomic E-state index is 10.8. The summed E-state index contributed by atoms with van der Waals surface area (Å²) in [6, 6.07) is 0. The Kier molecular flexibility index (Phi) is 12.1. The molecule has 0 aliphatic rings. The van der Waals surface area contributed by atoms with E-state index in [2.05, 4.69) is 30.4 Å². The monoisotopic (exact) mass is 259 g/mol. The van der Waals surface area contributed by atoms with Crippen molar-refractivity contribution in [3.63, 3.8) is 0 Å². The van der Waals surface area contributed by atoms with Crippen LogP contribution in [0.15, 0.2) is 0 Å². The van der Waals surface area contributed by atoms with E-state index in [0.29, 0.717) is 0 Å². The van der Waals surface area contributed by atoms with Crippen LogP contribution in [0.2, 0.25) is 0 Å². The van der Waals surface area contributed by atoms with Crippen molar-refractivity contribution in [2.24, 2.45) is 11.8 Å². The minimum absolute atomic E-state index is 0.238. The molecule has 0 aromatic heterocycles. The minimum Gasteiger partial charge on any atom is -0.393 e. The van der Waals surface area contributed by atoms with E-state index in [0.717, 1.165) is 0 Å². The van der Waals surface area contributed by atoms with Crippen molar-refractivity contribution in [2.75, 3.05) is 19.6 Å². The van der Waals surface area contributed by atoms with Gasteiger partial charge in [-0.25, -0.2) is 0 Å². The Labute approximate surface area is 112 Å². The molecular weight excluding hydrogens is 230 g/mol. The minimum atomic E-state index is -0.455. The number of esters is 2. The van der Waals surface area contributed by atoms with Crippen LogP contribution < -0.4 is 0 Å². The lowest BCUT2D eigenvalue weighted by molar-refractivity contribution is -0.164. The fraction of sp³-hybridized carbons (Fsp3) is 0.857. The third-order valence-electron chi connectivity index (χ3n) is 2.49. The zero-order valence-corrected chi connectivity index (χ0v) is 12.9. The summed E-state index contributed by atoms with van der Waals surface area (Å²) in [4.78, 5) is 24.0. The first-order valence-corrected chi connectivity index (χ1v) is 6.77. The van der Waals surface area contributed by atoms with E-state index in [1.807, 2.05) is 0 Å². The van der Waals surface area contributed by atoms with Gasteiger partial charge in [0, 0.05) is 0 Å². The smallest absolute Gasteiger partial charge is 0.316 e. The Bertz CT molecular complexity index is 210. The van der Waals surface area contributed by atoms with Crippen molar-refractivity contribution in [3.8, 4) is 0 Å². The molecule has 0 unspecified atom stereocenters. The molecule has 0 saturated carbocycles. The van der Waals surface area contributed by atoms with Gasteiger partial charge < -0.3 is 9.64 Å². The predicted octanol–water partition coefficient (Wildman–Crippen LogP) is 2.72. The van der Waals surface area contributed by atoms with E-state index in [9.17, 15) is 9.59 Å². The highest BCUT2D eigenvalue weighted by Gasteiger charge is 2.16. The lowest BCUT2D eigenvalue weighted by Gasteiger charge is -2.13. The van der Waals surface area contributed by atoms with Gasteiger partial charge in [0.2, 0.25) is 0 Å². The van der Waals surface area contributed by atoms with E-state index >= 15 is 0 Å². The van der Waals surface area contributed by atoms with Gasteiger partial charge in [-0.05, 0) is 19.6 Å². The number of nitrogens with zero attached hydrogens (tertiary/aromatic N) is 1. The van der Waals surface area contributed by atoms with Crippen molar-refractivity contribution in [1.82, 2.24) is 4.90 Å². The summed E-state index contributed by atoms with van der Waals surface area (Å²) in [5.41, 5.74) is 0. The lowest BCUT2D eigenvalue weighted by atomic mass is 10.2. The van der Waals surface area contributed by atoms with Crippen molar-refractivity contribution >= 4 is 11.9 Å². The molecule has 0 heterocycles. The Morgan fingerprint density at radius 2 is 1.11 bits per heavy atom. The molecule has 0 atom stereocenters. The van der Waals surface area contributed by atoms with Gasteiger partial charge in [-0.3, -0.25) is 9.59 Å². The summed E-state index contributed by atoms with van der Waals surface area (Å²) >= 11 is 0. The normalized spacial score (nSPS) is 10.3. The molecule has 4 heteroatoms. The first-order valence-electron chi connectivity index (χ1n) is 6.77. The molecule has 18 heavy (non-hydrogen) atoms. The average molecular weight is 259 g/mol. The molecule has 0 fully saturated rings. The van der Waals surface area contributed by atoms with E-state index in [1.54, 1.807) is 27.7 Å². The fourth-order valence-corrected chi connectivity index (χ4v) is 1.01. The molecule has 0 aromatic rings. The maximum Gasteiger partial charge on any atom is 0.316 e. The van der Waals surface area contributed by atoms with Gasteiger partial charge >= 0.3 is 11.9 Å². The topological polar surface area (TPSA) is 46.6 Å². The Morgan fingerprint density at radius 3 is 1.22 bits per heavy atom. The van der Waals surface area contributed by atoms with E-state index in [4.69, 9.17) is 0 Å². The molecule has 0 spiro atoms. The number of hydrogen-bond acceptors (Lipinski definition) is 4. The van der Waals surface area contributed by atoms with Gasteiger partial charge in [0.25, 0.3) is 0 Å². The molecular formula is C14H29NO3. The third kappa shape index (κ3) is 10.3. The number of rotatable bonds is 5. The van der Waals surface area contributed by atoms with Crippen LogP contribution in [0.4, 0.5) is 0 Å². The number of carbonyl (C=O) groups excluding carboxylic acids is 2. The van der Waals surface area contributed by atoms with Gasteiger partial charge in [-0.1, -0.05) is 48.5 Å². The van der Waals surface area contributed by atoms with Crippen molar-refractivity contribution in [2.45, 2.75) is 48.5 Å². The standard InChI is InChI=1S/C8H14O3.C6H15N/c1-5(2)7(9)11-8(10)6(3)4;1-4-7(5-2)6-3/h5-6H,1-4H3;4-6H2,1-3H3. The number of carbonyl (C=O) groups is 2. The molecule has 0 radical (unpaired) electrons. The van der Waals surface area contributed by atoms with Crippen molar-refractivity contribution in [1.29, 1.82) is 0 Å². The third-order valence-corrected chi connectivity index (χ3v) is 2.49. The molecule has 0 rings (SSSR count). The van der Waals surface area contributed by atoms with E-state index < -0.39 is 11.9 Å². The molecule has 4 nitrogen and oxygen atoms in total. The summed E-state index contributed by atoms with van der Waals surface area (Å²) in [7, 11) is 0. The van der Waals surface area contributed by atoms with Crippen molar-refractivity contribution in [3.05, 3.63) is 0 Å². The second kappa shape index (κ2) is 11.2. The predicted molar refractivity (Wildman–Crippen MR) is 74.2 cm³/mol. The highest BCUT2D eigenvalue weighted by Crippen LogP contribution is 2.01. The molecule has 0 aromatic carbocycles. The highest BCUT2D eigenvalue weighted by atomic mass is 16.6. The van der Waals surface area contributed by atoms with E-state index in [1.165, 1.54) is 19.6 Å². The highest BCUT2D eigenvalue weighted by molar-refractivity contribution is 5.87. The lowest BCUT2D eigenvalue weighted by Crippen LogP contribution is -2.21. The summed E-state index contributed by atoms with van der Waals surface area (Å²) in [5.74, 6) is -1.39. The van der Waals surface area contributed by atoms with Crippen LogP contribution in [0.25, 0.3) is 0 Å². The van der Waals surface area contributed by atoms with Crippen LogP contribution in [-0.2, 0) is 14.3 Å². The number of ether oxygens (including phenoxy) is 1. The quantitative estimate of drug-likeness (QED) is 0.562. The van der Waals surface area contributed by atoms with Gasteiger partial charge in [-0.15, -0.1) is 0 Å². The molecule has 0 aliphatic heterocycles. The van der Waals surface area contributed by atoms with Crippen LogP contribution in [0.3, 0.4) is 0 Å². The van der Waals surface area contributed by atoms with E-state index in [-0.39, 0.29) is 11.8 Å². The SMILES string of the molecule is CC(C)C(=O)OC(=O)C(C)C.CCN(CC)CC. The zero-order chi connectivity index (χ0) is 14.7. The second-order valence-corrected chi connectivity index (χ2v) is 4.67. The van der Waals surface area contributed by atoms with Gasteiger partial charge in [0.05, 0.1) is 11.8 Å². The van der Waals surface area contributed by atoms with Gasteiger partial charge in [0.1, 0.15) is 0 Å². The Balaban J connectivity index is 0. The van der Waals surface area contributed by atoms with Crippen LogP contribution in [-0.4, -0.2) is 36.5 Å². The summed E-state index contributed by atoms with van der Waals surface area (Å²) in [5, 5.41) is 0.